The fourth-order valence-electron chi connectivity index (χ4n) is 6.09. The van der Waals surface area contributed by atoms with Gasteiger partial charge in [-0.3, -0.25) is 9.78 Å². The highest BCUT2D eigenvalue weighted by molar-refractivity contribution is 7.18. The van der Waals surface area contributed by atoms with Crippen molar-refractivity contribution in [2.75, 3.05) is 38.2 Å². The van der Waals surface area contributed by atoms with Crippen molar-refractivity contribution >= 4 is 33.0 Å². The first kappa shape index (κ1) is 30.7. The van der Waals surface area contributed by atoms with Gasteiger partial charge in [-0.05, 0) is 65.9 Å². The second-order valence-corrected chi connectivity index (χ2v) is 12.2. The van der Waals surface area contributed by atoms with Crippen LogP contribution in [0.5, 0.6) is 5.75 Å². The first-order chi connectivity index (χ1) is 23.0. The van der Waals surface area contributed by atoms with Crippen molar-refractivity contribution in [3.63, 3.8) is 0 Å². The average Bonchev–Trinajstić information content (AvgIpc) is 3.58. The molecule has 2 aliphatic rings. The minimum atomic E-state index is -0.423. The average molecular weight is 651 g/mol. The molecule has 7 rings (SSSR count). The minimum absolute atomic E-state index is 0.134. The molecule has 47 heavy (non-hydrogen) atoms. The zero-order valence-electron chi connectivity index (χ0n) is 25.6. The summed E-state index contributed by atoms with van der Waals surface area (Å²) in [5.41, 5.74) is 6.69. The molecule has 10 heteroatoms. The Kier molecular flexibility index (Phi) is 8.78. The summed E-state index contributed by atoms with van der Waals surface area (Å²) in [7, 11) is 0. The van der Waals surface area contributed by atoms with E-state index in [9.17, 15) is 13.6 Å². The van der Waals surface area contributed by atoms with Gasteiger partial charge in [0.15, 0.2) is 0 Å². The summed E-state index contributed by atoms with van der Waals surface area (Å²) in [6.07, 6.45) is 8.41. The van der Waals surface area contributed by atoms with Crippen LogP contribution in [0.15, 0.2) is 84.9 Å². The number of fused-ring (bicyclic) bond motifs is 5. The number of amides is 1. The van der Waals surface area contributed by atoms with Crippen molar-refractivity contribution in [3.05, 3.63) is 108 Å². The van der Waals surface area contributed by atoms with Crippen LogP contribution in [0.3, 0.4) is 0 Å². The number of rotatable bonds is 2. The van der Waals surface area contributed by atoms with E-state index < -0.39 is 5.82 Å². The maximum absolute atomic E-state index is 14.7. The van der Waals surface area contributed by atoms with Crippen molar-refractivity contribution in [2.24, 2.45) is 0 Å². The van der Waals surface area contributed by atoms with Gasteiger partial charge in [-0.25, -0.2) is 13.8 Å². The molecule has 0 aliphatic carbocycles. The van der Waals surface area contributed by atoms with Crippen LogP contribution < -0.4 is 10.1 Å². The van der Waals surface area contributed by atoms with Crippen LogP contribution in [0.4, 0.5) is 14.5 Å². The van der Waals surface area contributed by atoms with Gasteiger partial charge in [-0.2, -0.15) is 0 Å². The van der Waals surface area contributed by atoms with Gasteiger partial charge in [-0.1, -0.05) is 18.7 Å². The van der Waals surface area contributed by atoms with Crippen molar-refractivity contribution in [1.82, 2.24) is 14.9 Å². The summed E-state index contributed by atoms with van der Waals surface area (Å²) in [4.78, 5) is 24.4. The monoisotopic (exact) mass is 650 g/mol. The number of ether oxygens (including phenoxy) is 2. The molecular formula is C37H32F2N4O3S. The zero-order chi connectivity index (χ0) is 32.3. The molecule has 0 unspecified atom stereocenters. The van der Waals surface area contributed by atoms with Crippen LogP contribution in [0, 0.1) is 11.6 Å². The molecule has 2 aliphatic heterocycles. The van der Waals surface area contributed by atoms with Crippen LogP contribution in [0.25, 0.3) is 43.7 Å². The van der Waals surface area contributed by atoms with Crippen LogP contribution >= 0.6 is 11.3 Å². The van der Waals surface area contributed by atoms with Gasteiger partial charge in [0.25, 0.3) is 0 Å². The number of halogens is 2. The van der Waals surface area contributed by atoms with Crippen molar-refractivity contribution in [2.45, 2.75) is 19.4 Å². The second-order valence-electron chi connectivity index (χ2n) is 11.3. The van der Waals surface area contributed by atoms with Crippen molar-refractivity contribution in [3.8, 4) is 39.4 Å². The smallest absolute Gasteiger partial charge is 0.246 e. The third kappa shape index (κ3) is 6.26. The molecule has 2 aromatic carbocycles. The molecule has 0 spiro atoms. The number of hydrogen-bond acceptors (Lipinski definition) is 7. The standard InChI is InChI=1S/C37H32F2N4O3S/c1-2-33(44)43-13-10-30-24(22-43)18-23(21-41-30)35-34-28-9-7-26(39)20-32(28)46-16-15-45-14-5-3-4-12-40-31-19-25(38)6-8-27(31)36(42-35)29-11-17-47-37(29)34/h2-3,5-9,11,17-21,40H,1,4,10,12-16,22H2/b5-3+. The highest BCUT2D eigenvalue weighted by Crippen LogP contribution is 2.47. The number of carbonyl (C=O) groups excluding carboxylic acids is 1. The minimum Gasteiger partial charge on any atom is -0.490 e. The summed E-state index contributed by atoms with van der Waals surface area (Å²) in [6, 6.07) is 13.2. The van der Waals surface area contributed by atoms with E-state index in [1.807, 2.05) is 29.7 Å². The fraction of sp³-hybridized carbons (Fsp3) is 0.216. The van der Waals surface area contributed by atoms with Gasteiger partial charge < -0.3 is 19.7 Å². The summed E-state index contributed by atoms with van der Waals surface area (Å²) < 4.78 is 42.2. The van der Waals surface area contributed by atoms with Crippen LogP contribution in [0.1, 0.15) is 17.7 Å². The lowest BCUT2D eigenvalue weighted by molar-refractivity contribution is -0.126. The van der Waals surface area contributed by atoms with Gasteiger partial charge in [0.1, 0.15) is 24.0 Å². The Labute approximate surface area is 275 Å². The molecule has 2 bridgehead atoms. The maximum atomic E-state index is 14.7. The van der Waals surface area contributed by atoms with E-state index in [-0.39, 0.29) is 18.3 Å². The first-order valence-electron chi connectivity index (χ1n) is 15.5. The molecule has 1 N–H and O–H groups in total. The van der Waals surface area contributed by atoms with Gasteiger partial charge in [0.2, 0.25) is 5.91 Å². The molecule has 238 valence electrons. The second kappa shape index (κ2) is 13.4. The Morgan fingerprint density at radius 1 is 1.02 bits per heavy atom. The van der Waals surface area contributed by atoms with E-state index >= 15 is 0 Å². The Bertz CT molecular complexity index is 2030. The number of nitrogens with one attached hydrogen (secondary N) is 1. The number of aromatic nitrogens is 2. The molecule has 0 fully saturated rings. The summed E-state index contributed by atoms with van der Waals surface area (Å²) in [5.74, 6) is -0.543. The highest BCUT2D eigenvalue weighted by Gasteiger charge is 2.26. The molecule has 0 atom stereocenters. The van der Waals surface area contributed by atoms with E-state index in [4.69, 9.17) is 19.4 Å². The zero-order valence-corrected chi connectivity index (χ0v) is 26.4. The van der Waals surface area contributed by atoms with Gasteiger partial charge >= 0.3 is 0 Å². The number of thiophene rings is 1. The molecule has 5 aromatic rings. The molecule has 0 radical (unpaired) electrons. The van der Waals surface area contributed by atoms with E-state index in [0.717, 1.165) is 38.0 Å². The molecule has 0 saturated heterocycles. The molecule has 7 nitrogen and oxygen atoms in total. The van der Waals surface area contributed by atoms with Gasteiger partial charge in [0.05, 0.1) is 24.6 Å². The van der Waals surface area contributed by atoms with E-state index in [1.54, 1.807) is 34.6 Å². The lowest BCUT2D eigenvalue weighted by Crippen LogP contribution is -2.35. The van der Waals surface area contributed by atoms with E-state index in [2.05, 4.69) is 11.9 Å². The fourth-order valence-corrected chi connectivity index (χ4v) is 7.05. The number of pyridine rings is 2. The van der Waals surface area contributed by atoms with Crippen LogP contribution in [-0.2, 0) is 22.5 Å². The Balaban J connectivity index is 1.49. The highest BCUT2D eigenvalue weighted by atomic mass is 32.1. The molecule has 1 amide bonds. The predicted octanol–water partition coefficient (Wildman–Crippen LogP) is 7.81. The predicted molar refractivity (Wildman–Crippen MR) is 182 cm³/mol. The Hall–Kier alpha value is -4.93. The molecule has 5 heterocycles. The SMILES string of the molecule is C=CC(=O)N1CCc2ncc(-c3nc4c5ccsc5c3-c3ccc(F)cc3OCCOC/C=C/CCNc3cc(F)ccc3-4)cc2C1. The Morgan fingerprint density at radius 2 is 1.87 bits per heavy atom. The van der Waals surface area contributed by atoms with Crippen LogP contribution in [0.2, 0.25) is 0 Å². The van der Waals surface area contributed by atoms with E-state index in [1.165, 1.54) is 30.3 Å². The number of benzene rings is 2. The van der Waals surface area contributed by atoms with Gasteiger partial charge in [0, 0.05) is 82.0 Å². The van der Waals surface area contributed by atoms with E-state index in [0.29, 0.717) is 74.1 Å². The normalized spacial score (nSPS) is 15.7. The largest absolute Gasteiger partial charge is 0.490 e. The van der Waals surface area contributed by atoms with Crippen molar-refractivity contribution < 1.29 is 23.0 Å². The molecule has 0 saturated carbocycles. The molecular weight excluding hydrogens is 618 g/mol. The number of nitrogens with zero attached hydrogens (tertiary/aromatic N) is 3. The van der Waals surface area contributed by atoms with Gasteiger partial charge in [-0.15, -0.1) is 11.3 Å². The summed E-state index contributed by atoms with van der Waals surface area (Å²) in [6.45, 7) is 6.16. The number of anilines is 1. The third-order valence-electron chi connectivity index (χ3n) is 8.35. The lowest BCUT2D eigenvalue weighted by atomic mass is 9.94. The maximum Gasteiger partial charge on any atom is 0.246 e. The Morgan fingerprint density at radius 3 is 2.74 bits per heavy atom. The summed E-state index contributed by atoms with van der Waals surface area (Å²) >= 11 is 1.54. The van der Waals surface area contributed by atoms with Crippen molar-refractivity contribution in [1.29, 1.82) is 0 Å². The topological polar surface area (TPSA) is 76.6 Å². The third-order valence-corrected chi connectivity index (χ3v) is 9.28. The van der Waals surface area contributed by atoms with Crippen LogP contribution in [-0.4, -0.2) is 53.7 Å². The number of carbonyl (C=O) groups is 1. The number of hydrogen-bond donors (Lipinski definition) is 1. The quantitative estimate of drug-likeness (QED) is 0.155. The first-order valence-corrected chi connectivity index (χ1v) is 16.4. The lowest BCUT2D eigenvalue weighted by Gasteiger charge is -2.27. The summed E-state index contributed by atoms with van der Waals surface area (Å²) in [5, 5.41) is 6.27. The molecule has 3 aromatic heterocycles.